The number of halogens is 2. The topological polar surface area (TPSA) is 122 Å². The molecule has 3 amide bonds. The molecule has 1 aliphatic heterocycles. The van der Waals surface area contributed by atoms with Crippen LogP contribution in [0.3, 0.4) is 0 Å². The van der Waals surface area contributed by atoms with Crippen molar-refractivity contribution in [2.75, 3.05) is 15.5 Å². The second kappa shape index (κ2) is 9.50. The standard InChI is InChI=1S/C23H16Cl2N4O5/c24-14-4-3-5-15(11-14)26-21(30)12-20-22(31)27-17-6-1-2-7-18(17)28(20)23(32)13-8-9-16(25)19(10-13)29(33)34/h1-11,20H,12H2,(H,26,30)(H,27,31)/t20-/m1/s1. The normalized spacial score (nSPS) is 14.7. The minimum absolute atomic E-state index is 0.0548. The van der Waals surface area contributed by atoms with Gasteiger partial charge in [-0.15, -0.1) is 0 Å². The van der Waals surface area contributed by atoms with E-state index < -0.39 is 34.4 Å². The number of rotatable bonds is 5. The first-order valence-electron chi connectivity index (χ1n) is 9.97. The molecular weight excluding hydrogens is 483 g/mol. The molecule has 1 aliphatic rings. The quantitative estimate of drug-likeness (QED) is 0.382. The summed E-state index contributed by atoms with van der Waals surface area (Å²) in [5, 5.41) is 16.9. The van der Waals surface area contributed by atoms with Crippen molar-refractivity contribution in [3.63, 3.8) is 0 Å². The highest BCUT2D eigenvalue weighted by Crippen LogP contribution is 2.35. The van der Waals surface area contributed by atoms with Gasteiger partial charge in [0.25, 0.3) is 11.6 Å². The molecule has 11 heteroatoms. The van der Waals surface area contributed by atoms with Crippen LogP contribution in [-0.4, -0.2) is 28.7 Å². The number of benzene rings is 3. The summed E-state index contributed by atoms with van der Waals surface area (Å²) >= 11 is 11.8. The Morgan fingerprint density at radius 2 is 1.82 bits per heavy atom. The molecule has 3 aromatic rings. The molecule has 1 heterocycles. The van der Waals surface area contributed by atoms with Crippen LogP contribution in [0, 0.1) is 10.1 Å². The zero-order valence-corrected chi connectivity index (χ0v) is 18.8. The van der Waals surface area contributed by atoms with Gasteiger partial charge in [0.05, 0.1) is 22.7 Å². The van der Waals surface area contributed by atoms with Crippen molar-refractivity contribution >= 4 is 63.7 Å². The average Bonchev–Trinajstić information content (AvgIpc) is 2.79. The summed E-state index contributed by atoms with van der Waals surface area (Å²) in [7, 11) is 0. The summed E-state index contributed by atoms with van der Waals surface area (Å²) in [6.07, 6.45) is -0.367. The van der Waals surface area contributed by atoms with Crippen LogP contribution in [0.15, 0.2) is 66.7 Å². The predicted molar refractivity (Wildman–Crippen MR) is 128 cm³/mol. The molecule has 4 rings (SSSR count). The van der Waals surface area contributed by atoms with Gasteiger partial charge in [0, 0.05) is 22.3 Å². The third kappa shape index (κ3) is 4.70. The first kappa shape index (κ1) is 23.2. The maximum Gasteiger partial charge on any atom is 0.288 e. The molecule has 0 aromatic heterocycles. The summed E-state index contributed by atoms with van der Waals surface area (Å²) in [6, 6.07) is 15.5. The molecule has 2 N–H and O–H groups in total. The lowest BCUT2D eigenvalue weighted by atomic mass is 10.0. The van der Waals surface area contributed by atoms with Crippen LogP contribution in [0.1, 0.15) is 16.8 Å². The smallest absolute Gasteiger partial charge is 0.288 e. The van der Waals surface area contributed by atoms with Gasteiger partial charge in [-0.1, -0.05) is 41.4 Å². The minimum Gasteiger partial charge on any atom is -0.326 e. The summed E-state index contributed by atoms with van der Waals surface area (Å²) in [4.78, 5) is 51.0. The number of nitro benzene ring substituents is 1. The Balaban J connectivity index is 1.69. The Kier molecular flexibility index (Phi) is 6.49. The van der Waals surface area contributed by atoms with Crippen molar-refractivity contribution in [2.45, 2.75) is 12.5 Å². The van der Waals surface area contributed by atoms with E-state index in [1.807, 2.05) is 0 Å². The van der Waals surface area contributed by atoms with E-state index in [2.05, 4.69) is 10.6 Å². The Labute approximate surface area is 203 Å². The van der Waals surface area contributed by atoms with Gasteiger partial charge in [-0.3, -0.25) is 29.4 Å². The molecule has 172 valence electrons. The monoisotopic (exact) mass is 498 g/mol. The summed E-state index contributed by atoms with van der Waals surface area (Å²) in [6.45, 7) is 0. The van der Waals surface area contributed by atoms with Gasteiger partial charge in [-0.2, -0.15) is 0 Å². The maximum atomic E-state index is 13.5. The van der Waals surface area contributed by atoms with E-state index >= 15 is 0 Å². The largest absolute Gasteiger partial charge is 0.326 e. The van der Waals surface area contributed by atoms with E-state index in [-0.39, 0.29) is 17.0 Å². The highest BCUT2D eigenvalue weighted by Gasteiger charge is 2.39. The van der Waals surface area contributed by atoms with E-state index in [1.54, 1.807) is 48.5 Å². The second-order valence-corrected chi connectivity index (χ2v) is 8.23. The van der Waals surface area contributed by atoms with Crippen molar-refractivity contribution in [3.8, 4) is 0 Å². The molecule has 0 bridgehead atoms. The maximum absolute atomic E-state index is 13.5. The highest BCUT2D eigenvalue weighted by atomic mass is 35.5. The van der Waals surface area contributed by atoms with Gasteiger partial charge in [0.2, 0.25) is 11.8 Å². The molecule has 0 saturated carbocycles. The van der Waals surface area contributed by atoms with Gasteiger partial charge in [0.1, 0.15) is 11.1 Å². The van der Waals surface area contributed by atoms with Crippen LogP contribution >= 0.6 is 23.2 Å². The zero-order valence-electron chi connectivity index (χ0n) is 17.3. The Hall–Kier alpha value is -3.95. The number of anilines is 3. The lowest BCUT2D eigenvalue weighted by molar-refractivity contribution is -0.384. The number of fused-ring (bicyclic) bond motifs is 1. The molecule has 3 aromatic carbocycles. The third-order valence-electron chi connectivity index (χ3n) is 5.13. The van der Waals surface area contributed by atoms with E-state index in [1.165, 1.54) is 17.0 Å². The zero-order chi connectivity index (χ0) is 24.4. The van der Waals surface area contributed by atoms with Gasteiger partial charge < -0.3 is 10.6 Å². The van der Waals surface area contributed by atoms with Gasteiger partial charge in [-0.05, 0) is 42.5 Å². The first-order valence-corrected chi connectivity index (χ1v) is 10.7. The van der Waals surface area contributed by atoms with Crippen LogP contribution in [0.5, 0.6) is 0 Å². The van der Waals surface area contributed by atoms with Crippen LogP contribution in [0.4, 0.5) is 22.7 Å². The van der Waals surface area contributed by atoms with Crippen molar-refractivity contribution < 1.29 is 19.3 Å². The Morgan fingerprint density at radius 3 is 2.56 bits per heavy atom. The minimum atomic E-state index is -1.21. The SMILES string of the molecule is O=C(C[C@@H]1C(=O)Nc2ccccc2N1C(=O)c1ccc(Cl)c([N+](=O)[O-])c1)Nc1cccc(Cl)c1. The van der Waals surface area contributed by atoms with E-state index in [0.29, 0.717) is 22.1 Å². The molecule has 0 fully saturated rings. The summed E-state index contributed by atoms with van der Waals surface area (Å²) in [5.41, 5.74) is 0.653. The molecule has 0 spiro atoms. The number of hydrogen-bond donors (Lipinski definition) is 2. The number of para-hydroxylation sites is 2. The number of hydrogen-bond acceptors (Lipinski definition) is 5. The van der Waals surface area contributed by atoms with Gasteiger partial charge in [-0.25, -0.2) is 0 Å². The van der Waals surface area contributed by atoms with Gasteiger partial charge in [0.15, 0.2) is 0 Å². The molecule has 34 heavy (non-hydrogen) atoms. The predicted octanol–water partition coefficient (Wildman–Crippen LogP) is 4.90. The summed E-state index contributed by atoms with van der Waals surface area (Å²) < 4.78 is 0. The van der Waals surface area contributed by atoms with Crippen LogP contribution < -0.4 is 15.5 Å². The molecule has 0 aliphatic carbocycles. The lowest BCUT2D eigenvalue weighted by Gasteiger charge is -2.36. The number of nitro groups is 1. The van der Waals surface area contributed by atoms with Crippen LogP contribution in [-0.2, 0) is 9.59 Å². The number of amides is 3. The number of nitrogens with one attached hydrogen (secondary N) is 2. The van der Waals surface area contributed by atoms with Gasteiger partial charge >= 0.3 is 0 Å². The van der Waals surface area contributed by atoms with E-state index in [9.17, 15) is 24.5 Å². The van der Waals surface area contributed by atoms with Crippen LogP contribution in [0.2, 0.25) is 10.0 Å². The Bertz CT molecular complexity index is 1330. The number of carbonyl (C=O) groups excluding carboxylic acids is 3. The molecule has 0 saturated heterocycles. The van der Waals surface area contributed by atoms with Crippen molar-refractivity contribution in [1.82, 2.24) is 0 Å². The summed E-state index contributed by atoms with van der Waals surface area (Å²) in [5.74, 6) is -1.79. The fourth-order valence-electron chi connectivity index (χ4n) is 3.60. The third-order valence-corrected chi connectivity index (χ3v) is 5.69. The molecular formula is C23H16Cl2N4O5. The molecule has 9 nitrogen and oxygen atoms in total. The number of carbonyl (C=O) groups is 3. The fraction of sp³-hybridized carbons (Fsp3) is 0.0870. The lowest BCUT2D eigenvalue weighted by Crippen LogP contribution is -2.52. The molecule has 0 radical (unpaired) electrons. The first-order chi connectivity index (χ1) is 16.2. The molecule has 0 unspecified atom stereocenters. The van der Waals surface area contributed by atoms with Crippen molar-refractivity contribution in [3.05, 3.63) is 92.5 Å². The van der Waals surface area contributed by atoms with Crippen molar-refractivity contribution in [1.29, 1.82) is 0 Å². The highest BCUT2D eigenvalue weighted by molar-refractivity contribution is 6.33. The molecule has 1 atom stereocenters. The Morgan fingerprint density at radius 1 is 1.06 bits per heavy atom. The van der Waals surface area contributed by atoms with Crippen LogP contribution in [0.25, 0.3) is 0 Å². The van der Waals surface area contributed by atoms with Crippen molar-refractivity contribution in [2.24, 2.45) is 0 Å². The fourth-order valence-corrected chi connectivity index (χ4v) is 3.98. The van der Waals surface area contributed by atoms with E-state index in [0.717, 1.165) is 6.07 Å². The second-order valence-electron chi connectivity index (χ2n) is 7.38. The average molecular weight is 499 g/mol. The van der Waals surface area contributed by atoms with E-state index in [4.69, 9.17) is 23.2 Å². The number of nitrogens with zero attached hydrogens (tertiary/aromatic N) is 2.